The first-order valence-electron chi connectivity index (χ1n) is 19.3. The van der Waals surface area contributed by atoms with Crippen molar-refractivity contribution in [2.24, 2.45) is 68.3 Å². The van der Waals surface area contributed by atoms with E-state index in [4.69, 9.17) is 20.3 Å². The molecule has 1 saturated heterocycles. The lowest BCUT2D eigenvalue weighted by atomic mass is 9.34. The number of amides is 1. The average Bonchev–Trinajstić information content (AvgIpc) is 3.53. The van der Waals surface area contributed by atoms with Crippen LogP contribution in [0.4, 0.5) is 0 Å². The number of nitrogens with zero attached hydrogens (tertiary/aromatic N) is 3. The normalized spacial score (nSPS) is 42.8. The average molecular weight is 696 g/mol. The maximum Gasteiger partial charge on any atom is 0.307 e. The Balaban J connectivity index is 1.48. The van der Waals surface area contributed by atoms with Gasteiger partial charge in [-0.3, -0.25) is 9.59 Å². The van der Waals surface area contributed by atoms with E-state index in [9.17, 15) is 14.7 Å². The van der Waals surface area contributed by atoms with Gasteiger partial charge in [-0.2, -0.15) is 5.10 Å². The smallest absolute Gasteiger partial charge is 0.307 e. The van der Waals surface area contributed by atoms with E-state index in [1.165, 1.54) is 11.9 Å². The maximum absolute atomic E-state index is 13.5. The van der Waals surface area contributed by atoms with Gasteiger partial charge in [-0.05, 0) is 91.3 Å². The molecule has 5 aliphatic rings. The Morgan fingerprint density at radius 1 is 1.12 bits per heavy atom. The van der Waals surface area contributed by atoms with Crippen molar-refractivity contribution in [3.8, 4) is 0 Å². The molecule has 6 rings (SSSR count). The van der Waals surface area contributed by atoms with Crippen molar-refractivity contribution in [2.45, 2.75) is 125 Å². The molecule has 1 aliphatic heterocycles. The van der Waals surface area contributed by atoms with E-state index in [-0.39, 0.29) is 63.3 Å². The zero-order chi connectivity index (χ0) is 36.8. The standard InChI is InChI=1S/C40H65N5O5/c1-23(2)25(5)35(6)16-17-37(8)26-12-13-29-36(7)19-49-21-40(29,27(26)14-15-38(37,9)30(35)34(47)48)18-28(31(36)50-20-39(10,41)24(3)4)45-32(33(46)42-11)43-22-44-45/h14,22-26,28-31H,12-13,15-21,41H2,1-11H3,(H,42,46)(H,47,48)/t25-,26+,28-,29+,30-,31+,35-,36+,37-,38+,39+,40+/m1/s1. The molecule has 0 aromatic carbocycles. The second-order valence-electron chi connectivity index (χ2n) is 19.1. The first-order valence-corrected chi connectivity index (χ1v) is 19.3. The van der Waals surface area contributed by atoms with E-state index >= 15 is 0 Å². The number of ether oxygens (including phenoxy) is 2. The van der Waals surface area contributed by atoms with Gasteiger partial charge in [0.2, 0.25) is 5.82 Å². The summed E-state index contributed by atoms with van der Waals surface area (Å²) in [6, 6.07) is -0.271. The van der Waals surface area contributed by atoms with Gasteiger partial charge in [-0.1, -0.05) is 74.0 Å². The Hall–Kier alpha value is -2.30. The van der Waals surface area contributed by atoms with Crippen LogP contribution < -0.4 is 11.1 Å². The molecule has 1 aromatic rings. The first kappa shape index (κ1) is 37.5. The summed E-state index contributed by atoms with van der Waals surface area (Å²) >= 11 is 0. The van der Waals surface area contributed by atoms with E-state index in [0.717, 1.165) is 32.1 Å². The highest BCUT2D eigenvalue weighted by Gasteiger charge is 2.72. The van der Waals surface area contributed by atoms with Crippen LogP contribution in [0, 0.1) is 62.6 Å². The third-order valence-electron chi connectivity index (χ3n) is 16.3. The molecule has 10 heteroatoms. The molecule has 280 valence electrons. The van der Waals surface area contributed by atoms with Gasteiger partial charge in [-0.25, -0.2) is 9.67 Å². The monoisotopic (exact) mass is 695 g/mol. The zero-order valence-electron chi connectivity index (χ0n) is 32.6. The van der Waals surface area contributed by atoms with Gasteiger partial charge in [0.1, 0.15) is 6.33 Å². The highest BCUT2D eigenvalue weighted by molar-refractivity contribution is 5.90. The van der Waals surface area contributed by atoms with E-state index in [2.05, 4.69) is 78.7 Å². The van der Waals surface area contributed by atoms with Gasteiger partial charge < -0.3 is 25.6 Å². The fourth-order valence-corrected chi connectivity index (χ4v) is 12.3. The Kier molecular flexibility index (Phi) is 9.29. The molecule has 0 spiro atoms. The number of nitrogens with two attached hydrogens (primary N) is 1. The quantitative estimate of drug-likeness (QED) is 0.248. The molecule has 3 saturated carbocycles. The summed E-state index contributed by atoms with van der Waals surface area (Å²) in [7, 11) is 1.62. The number of carboxylic acid groups (broad SMARTS) is 1. The van der Waals surface area contributed by atoms with Crippen molar-refractivity contribution < 1.29 is 24.2 Å². The minimum absolute atomic E-state index is 0.189. The molecule has 4 aliphatic carbocycles. The summed E-state index contributed by atoms with van der Waals surface area (Å²) in [4.78, 5) is 31.1. The molecule has 50 heavy (non-hydrogen) atoms. The van der Waals surface area contributed by atoms with Gasteiger partial charge in [0.15, 0.2) is 0 Å². The predicted octanol–water partition coefficient (Wildman–Crippen LogP) is 6.53. The number of carboxylic acids is 1. The number of aromatic nitrogens is 3. The molecule has 2 heterocycles. The largest absolute Gasteiger partial charge is 0.481 e. The molecule has 4 N–H and O–H groups in total. The van der Waals surface area contributed by atoms with Crippen molar-refractivity contribution in [1.82, 2.24) is 20.1 Å². The summed E-state index contributed by atoms with van der Waals surface area (Å²) in [5.41, 5.74) is 6.15. The molecule has 1 aromatic heterocycles. The molecule has 10 nitrogen and oxygen atoms in total. The predicted molar refractivity (Wildman–Crippen MR) is 193 cm³/mol. The van der Waals surface area contributed by atoms with Crippen molar-refractivity contribution >= 4 is 11.9 Å². The van der Waals surface area contributed by atoms with Crippen LogP contribution in [-0.2, 0) is 14.3 Å². The fourth-order valence-electron chi connectivity index (χ4n) is 12.3. The van der Waals surface area contributed by atoms with Crippen molar-refractivity contribution in [2.75, 3.05) is 26.9 Å². The SMILES string of the molecule is CNC(=O)c1ncnn1[C@@H]1C[C@@]23COC[C@@](C)([C@@H]2CC[C@H]2C3=CC[C@@]3(C)[C@H](C(=O)O)[C@@](C)([C@H](C)C(C)C)CC[C@]23C)[C@H]1OC[C@](C)(N)C(C)C. The number of rotatable bonds is 9. The van der Waals surface area contributed by atoms with Gasteiger partial charge in [-0.15, -0.1) is 0 Å². The fraction of sp³-hybridized carbons (Fsp3) is 0.850. The molecule has 1 amide bonds. The lowest BCUT2D eigenvalue weighted by molar-refractivity contribution is -0.252. The van der Waals surface area contributed by atoms with Crippen LogP contribution in [0.25, 0.3) is 0 Å². The number of hydrogen-bond acceptors (Lipinski definition) is 7. The summed E-state index contributed by atoms with van der Waals surface area (Å²) in [6.45, 7) is 23.8. The Bertz CT molecular complexity index is 1520. The van der Waals surface area contributed by atoms with E-state index in [0.29, 0.717) is 38.1 Å². The minimum atomic E-state index is -0.648. The summed E-state index contributed by atoms with van der Waals surface area (Å²) in [6.07, 6.45) is 9.01. The van der Waals surface area contributed by atoms with Crippen molar-refractivity contribution in [1.29, 1.82) is 0 Å². The van der Waals surface area contributed by atoms with E-state index in [1.54, 1.807) is 7.05 Å². The van der Waals surface area contributed by atoms with Gasteiger partial charge >= 0.3 is 5.97 Å². The molecular weight excluding hydrogens is 630 g/mol. The topological polar surface area (TPSA) is 142 Å². The molecule has 0 radical (unpaired) electrons. The second kappa shape index (κ2) is 12.4. The molecule has 4 fully saturated rings. The van der Waals surface area contributed by atoms with Crippen LogP contribution in [0.5, 0.6) is 0 Å². The maximum atomic E-state index is 13.5. The molecule has 12 atom stereocenters. The highest BCUT2D eigenvalue weighted by Crippen LogP contribution is 2.75. The van der Waals surface area contributed by atoms with Crippen LogP contribution in [0.1, 0.15) is 124 Å². The number of fused-ring (bicyclic) bond motifs is 3. The van der Waals surface area contributed by atoms with Crippen LogP contribution in [0.2, 0.25) is 0 Å². The van der Waals surface area contributed by atoms with E-state index < -0.39 is 22.8 Å². The van der Waals surface area contributed by atoms with Gasteiger partial charge in [0.05, 0.1) is 37.9 Å². The lowest BCUT2D eigenvalue weighted by Gasteiger charge is -2.71. The second-order valence-corrected chi connectivity index (χ2v) is 19.1. The number of aliphatic carboxylic acids is 1. The van der Waals surface area contributed by atoms with E-state index in [1.807, 2.05) is 11.6 Å². The number of allylic oxidation sites excluding steroid dienone is 1. The first-order chi connectivity index (χ1) is 23.2. The van der Waals surface area contributed by atoms with Crippen molar-refractivity contribution in [3.63, 3.8) is 0 Å². The minimum Gasteiger partial charge on any atom is -0.481 e. The molecular formula is C40H65N5O5. The van der Waals surface area contributed by atoms with Gasteiger partial charge in [0, 0.05) is 23.4 Å². The number of carbonyl (C=O) groups is 2. The van der Waals surface area contributed by atoms with Crippen molar-refractivity contribution in [3.05, 3.63) is 23.8 Å². The van der Waals surface area contributed by atoms with Crippen LogP contribution in [0.3, 0.4) is 0 Å². The number of carbonyl (C=O) groups excluding carboxylic acids is 1. The molecule has 0 unspecified atom stereocenters. The number of hydrogen-bond donors (Lipinski definition) is 3. The third-order valence-corrected chi connectivity index (χ3v) is 16.3. The lowest BCUT2D eigenvalue weighted by Crippen LogP contribution is -2.69. The highest BCUT2D eigenvalue weighted by atomic mass is 16.5. The Labute approximate surface area is 300 Å². The van der Waals surface area contributed by atoms with Gasteiger partial charge in [0.25, 0.3) is 5.91 Å². The third kappa shape index (κ3) is 5.11. The van der Waals surface area contributed by atoms with Crippen LogP contribution >= 0.6 is 0 Å². The Morgan fingerprint density at radius 2 is 1.82 bits per heavy atom. The van der Waals surface area contributed by atoms with Crippen LogP contribution in [-0.4, -0.2) is 70.3 Å². The number of nitrogens with one attached hydrogen (secondary N) is 1. The summed E-state index contributed by atoms with van der Waals surface area (Å²) < 4.78 is 15.5. The van der Waals surface area contributed by atoms with Crippen LogP contribution in [0.15, 0.2) is 18.0 Å². The zero-order valence-corrected chi connectivity index (χ0v) is 32.6. The molecule has 2 bridgehead atoms. The summed E-state index contributed by atoms with van der Waals surface area (Å²) in [5, 5.41) is 18.5. The summed E-state index contributed by atoms with van der Waals surface area (Å²) in [5.74, 6) is 0.342. The Morgan fingerprint density at radius 3 is 2.44 bits per heavy atom.